The Morgan fingerprint density at radius 2 is 2.38 bits per heavy atom. The molecule has 13 heavy (non-hydrogen) atoms. The zero-order valence-electron chi connectivity index (χ0n) is 8.71. The maximum absolute atomic E-state index is 5.50. The molecule has 0 aromatic heterocycles. The molecular formula is C10H21NOS. The molecule has 1 aliphatic rings. The van der Waals surface area contributed by atoms with Crippen LogP contribution in [-0.2, 0) is 4.74 Å². The van der Waals surface area contributed by atoms with Gasteiger partial charge in [0.25, 0.3) is 0 Å². The SMILES string of the molecule is CCSCCNCC1CCOC1C. The Bertz CT molecular complexity index is 132. The fraction of sp³-hybridized carbons (Fsp3) is 1.00. The molecule has 0 bridgehead atoms. The molecule has 3 heteroatoms. The maximum Gasteiger partial charge on any atom is 0.0588 e. The smallest absolute Gasteiger partial charge is 0.0588 e. The van der Waals surface area contributed by atoms with Gasteiger partial charge in [-0.25, -0.2) is 0 Å². The minimum Gasteiger partial charge on any atom is -0.378 e. The minimum absolute atomic E-state index is 0.464. The molecule has 0 aromatic carbocycles. The second-order valence-corrected chi connectivity index (χ2v) is 4.92. The third-order valence-electron chi connectivity index (χ3n) is 2.57. The van der Waals surface area contributed by atoms with E-state index in [0.717, 1.165) is 25.6 Å². The van der Waals surface area contributed by atoms with Crippen molar-refractivity contribution in [1.29, 1.82) is 0 Å². The summed E-state index contributed by atoms with van der Waals surface area (Å²) in [4.78, 5) is 0. The Balaban J connectivity index is 1.93. The van der Waals surface area contributed by atoms with E-state index in [1.807, 2.05) is 11.8 Å². The molecule has 2 unspecified atom stereocenters. The molecule has 1 fully saturated rings. The molecule has 0 saturated carbocycles. The Hall–Kier alpha value is 0.270. The summed E-state index contributed by atoms with van der Waals surface area (Å²) in [6.45, 7) is 7.61. The van der Waals surface area contributed by atoms with Crippen LogP contribution in [0.3, 0.4) is 0 Å². The van der Waals surface area contributed by atoms with Gasteiger partial charge in [-0.05, 0) is 25.0 Å². The van der Waals surface area contributed by atoms with E-state index in [-0.39, 0.29) is 0 Å². The van der Waals surface area contributed by atoms with Gasteiger partial charge in [-0.1, -0.05) is 6.92 Å². The highest BCUT2D eigenvalue weighted by molar-refractivity contribution is 7.99. The van der Waals surface area contributed by atoms with E-state index in [4.69, 9.17) is 4.74 Å². The molecular weight excluding hydrogens is 182 g/mol. The Morgan fingerprint density at radius 3 is 3.00 bits per heavy atom. The van der Waals surface area contributed by atoms with Crippen molar-refractivity contribution in [3.8, 4) is 0 Å². The van der Waals surface area contributed by atoms with E-state index in [1.165, 1.54) is 17.9 Å². The normalized spacial score (nSPS) is 28.2. The van der Waals surface area contributed by atoms with Gasteiger partial charge in [0.1, 0.15) is 0 Å². The van der Waals surface area contributed by atoms with Crippen molar-refractivity contribution >= 4 is 11.8 Å². The lowest BCUT2D eigenvalue weighted by Gasteiger charge is -2.14. The van der Waals surface area contributed by atoms with Crippen molar-refractivity contribution in [2.45, 2.75) is 26.4 Å². The highest BCUT2D eigenvalue weighted by Gasteiger charge is 2.23. The zero-order valence-corrected chi connectivity index (χ0v) is 9.53. The Morgan fingerprint density at radius 1 is 1.54 bits per heavy atom. The lowest BCUT2D eigenvalue weighted by Crippen LogP contribution is -2.28. The molecule has 1 saturated heterocycles. The van der Waals surface area contributed by atoms with Crippen molar-refractivity contribution < 1.29 is 4.74 Å². The van der Waals surface area contributed by atoms with E-state index in [1.54, 1.807) is 0 Å². The first kappa shape index (κ1) is 11.3. The summed E-state index contributed by atoms with van der Waals surface area (Å²) in [6.07, 6.45) is 1.70. The standard InChI is InChI=1S/C10H21NOS/c1-3-13-7-5-11-8-10-4-6-12-9(10)2/h9-11H,3-8H2,1-2H3. The van der Waals surface area contributed by atoms with E-state index in [9.17, 15) is 0 Å². The van der Waals surface area contributed by atoms with Gasteiger partial charge in [0.2, 0.25) is 0 Å². The first-order valence-electron chi connectivity index (χ1n) is 5.24. The fourth-order valence-corrected chi connectivity index (χ4v) is 2.20. The van der Waals surface area contributed by atoms with Crippen molar-refractivity contribution in [3.05, 3.63) is 0 Å². The van der Waals surface area contributed by atoms with Crippen LogP contribution in [0.4, 0.5) is 0 Å². The molecule has 0 spiro atoms. The average molecular weight is 203 g/mol. The number of hydrogen-bond donors (Lipinski definition) is 1. The first-order chi connectivity index (χ1) is 6.34. The van der Waals surface area contributed by atoms with E-state index in [2.05, 4.69) is 19.2 Å². The quantitative estimate of drug-likeness (QED) is 0.665. The van der Waals surface area contributed by atoms with Gasteiger partial charge in [-0.3, -0.25) is 0 Å². The van der Waals surface area contributed by atoms with Crippen LogP contribution < -0.4 is 5.32 Å². The van der Waals surface area contributed by atoms with Crippen molar-refractivity contribution in [1.82, 2.24) is 5.32 Å². The van der Waals surface area contributed by atoms with Gasteiger partial charge < -0.3 is 10.1 Å². The van der Waals surface area contributed by atoms with Crippen LogP contribution in [0, 0.1) is 5.92 Å². The van der Waals surface area contributed by atoms with Crippen LogP contribution >= 0.6 is 11.8 Å². The lowest BCUT2D eigenvalue weighted by atomic mass is 10.0. The molecule has 1 rings (SSSR count). The minimum atomic E-state index is 0.464. The number of nitrogens with one attached hydrogen (secondary N) is 1. The second-order valence-electron chi connectivity index (χ2n) is 3.53. The Kier molecular flexibility index (Phi) is 5.83. The van der Waals surface area contributed by atoms with Crippen LogP contribution in [-0.4, -0.2) is 37.3 Å². The van der Waals surface area contributed by atoms with Crippen molar-refractivity contribution in [2.75, 3.05) is 31.2 Å². The summed E-state index contributed by atoms with van der Waals surface area (Å²) in [5.74, 6) is 3.20. The van der Waals surface area contributed by atoms with Crippen LogP contribution in [0.2, 0.25) is 0 Å². The molecule has 1 aliphatic heterocycles. The van der Waals surface area contributed by atoms with Crippen LogP contribution in [0.25, 0.3) is 0 Å². The number of ether oxygens (including phenoxy) is 1. The average Bonchev–Trinajstić information content (AvgIpc) is 2.52. The highest BCUT2D eigenvalue weighted by Crippen LogP contribution is 2.19. The molecule has 78 valence electrons. The molecule has 2 atom stereocenters. The second kappa shape index (κ2) is 6.68. The topological polar surface area (TPSA) is 21.3 Å². The van der Waals surface area contributed by atoms with Gasteiger partial charge in [0, 0.05) is 25.4 Å². The van der Waals surface area contributed by atoms with E-state index >= 15 is 0 Å². The third kappa shape index (κ3) is 4.34. The maximum atomic E-state index is 5.50. The monoisotopic (exact) mass is 203 g/mol. The first-order valence-corrected chi connectivity index (χ1v) is 6.40. The largest absolute Gasteiger partial charge is 0.378 e. The number of thioether (sulfide) groups is 1. The van der Waals surface area contributed by atoms with Crippen LogP contribution in [0.5, 0.6) is 0 Å². The van der Waals surface area contributed by atoms with Crippen LogP contribution in [0.15, 0.2) is 0 Å². The molecule has 0 amide bonds. The summed E-state index contributed by atoms with van der Waals surface area (Å²) < 4.78 is 5.50. The summed E-state index contributed by atoms with van der Waals surface area (Å²) in [5.41, 5.74) is 0. The summed E-state index contributed by atoms with van der Waals surface area (Å²) in [6, 6.07) is 0. The van der Waals surface area contributed by atoms with Crippen LogP contribution in [0.1, 0.15) is 20.3 Å². The number of rotatable bonds is 6. The van der Waals surface area contributed by atoms with Crippen molar-refractivity contribution in [2.24, 2.45) is 5.92 Å². The Labute approximate surface area is 85.8 Å². The zero-order chi connectivity index (χ0) is 9.52. The molecule has 2 nitrogen and oxygen atoms in total. The predicted octanol–water partition coefficient (Wildman–Crippen LogP) is 1.75. The van der Waals surface area contributed by atoms with Gasteiger partial charge in [-0.15, -0.1) is 0 Å². The predicted molar refractivity (Wildman–Crippen MR) is 59.4 cm³/mol. The van der Waals surface area contributed by atoms with Gasteiger partial charge in [0.05, 0.1) is 6.10 Å². The number of hydrogen-bond acceptors (Lipinski definition) is 3. The van der Waals surface area contributed by atoms with Gasteiger partial charge in [0.15, 0.2) is 0 Å². The van der Waals surface area contributed by atoms with Gasteiger partial charge >= 0.3 is 0 Å². The fourth-order valence-electron chi connectivity index (χ4n) is 1.62. The molecule has 0 radical (unpaired) electrons. The van der Waals surface area contributed by atoms with Gasteiger partial charge in [-0.2, -0.15) is 11.8 Å². The lowest BCUT2D eigenvalue weighted by molar-refractivity contribution is 0.106. The molecule has 1 N–H and O–H groups in total. The van der Waals surface area contributed by atoms with Crippen molar-refractivity contribution in [3.63, 3.8) is 0 Å². The molecule has 1 heterocycles. The third-order valence-corrected chi connectivity index (χ3v) is 3.47. The summed E-state index contributed by atoms with van der Waals surface area (Å²) in [7, 11) is 0. The van der Waals surface area contributed by atoms with E-state index < -0.39 is 0 Å². The summed E-state index contributed by atoms with van der Waals surface area (Å²) in [5, 5.41) is 3.49. The molecule has 0 aliphatic carbocycles. The molecule has 0 aromatic rings. The highest BCUT2D eigenvalue weighted by atomic mass is 32.2. The van der Waals surface area contributed by atoms with E-state index in [0.29, 0.717) is 6.10 Å². The summed E-state index contributed by atoms with van der Waals surface area (Å²) >= 11 is 2.00.